The van der Waals surface area contributed by atoms with E-state index in [1.165, 1.54) is 16.4 Å². The van der Waals surface area contributed by atoms with Crippen LogP contribution in [0.4, 0.5) is 5.69 Å². The van der Waals surface area contributed by atoms with Crippen LogP contribution in [0.25, 0.3) is 0 Å². The van der Waals surface area contributed by atoms with Crippen LogP contribution in [0.3, 0.4) is 0 Å². The minimum atomic E-state index is -3.54. The summed E-state index contributed by atoms with van der Waals surface area (Å²) >= 11 is 0. The zero-order chi connectivity index (χ0) is 21.1. The van der Waals surface area contributed by atoms with Crippen molar-refractivity contribution in [3.8, 4) is 0 Å². The van der Waals surface area contributed by atoms with E-state index in [0.717, 1.165) is 0 Å². The Bertz CT molecular complexity index is 801. The van der Waals surface area contributed by atoms with Gasteiger partial charge in [0.15, 0.2) is 0 Å². The Kier molecular flexibility index (Phi) is 7.22. The lowest BCUT2D eigenvalue weighted by Crippen LogP contribution is -2.40. The molecule has 1 heterocycles. The second kappa shape index (κ2) is 9.05. The Morgan fingerprint density at radius 2 is 1.75 bits per heavy atom. The minimum Gasteiger partial charge on any atom is -0.353 e. The molecule has 2 unspecified atom stereocenters. The molecule has 0 bridgehead atoms. The highest BCUT2D eigenvalue weighted by Gasteiger charge is 2.35. The van der Waals surface area contributed by atoms with Crippen molar-refractivity contribution in [3.05, 3.63) is 24.3 Å². The number of carbonyl (C=O) groups excluding carboxylic acids is 2. The molecule has 2 amide bonds. The van der Waals surface area contributed by atoms with Crippen LogP contribution in [0.5, 0.6) is 0 Å². The molecule has 8 heteroatoms. The van der Waals surface area contributed by atoms with Gasteiger partial charge in [-0.25, -0.2) is 8.42 Å². The monoisotopic (exact) mass is 409 g/mol. The van der Waals surface area contributed by atoms with Crippen LogP contribution in [-0.4, -0.2) is 50.2 Å². The van der Waals surface area contributed by atoms with Gasteiger partial charge in [-0.05, 0) is 37.1 Å². The lowest BCUT2D eigenvalue weighted by molar-refractivity contribution is -0.127. The average molecular weight is 410 g/mol. The Balaban J connectivity index is 2.12. The quantitative estimate of drug-likeness (QED) is 0.713. The van der Waals surface area contributed by atoms with Crippen molar-refractivity contribution in [1.82, 2.24) is 9.62 Å². The summed E-state index contributed by atoms with van der Waals surface area (Å²) in [7, 11) is -3.54. The molecule has 0 aliphatic carbocycles. The smallest absolute Gasteiger partial charge is 0.243 e. The number of hydrogen-bond acceptors (Lipinski definition) is 4. The fourth-order valence-electron chi connectivity index (χ4n) is 3.15. The van der Waals surface area contributed by atoms with Crippen LogP contribution in [0.15, 0.2) is 29.2 Å². The van der Waals surface area contributed by atoms with Crippen molar-refractivity contribution in [3.63, 3.8) is 0 Å². The molecule has 0 spiro atoms. The molecule has 1 fully saturated rings. The number of nitrogens with zero attached hydrogens (tertiary/aromatic N) is 2. The lowest BCUT2D eigenvalue weighted by atomic mass is 10.0. The zero-order valence-electron chi connectivity index (χ0n) is 17.3. The van der Waals surface area contributed by atoms with Crippen LogP contribution in [0, 0.1) is 11.8 Å². The molecular weight excluding hydrogens is 378 g/mol. The fraction of sp³-hybridized carbons (Fsp3) is 0.600. The SMILES string of the molecule is CCN(CC)S(=O)(=O)c1ccc(N2CC(C(=O)NC(C)C(C)C)CC2=O)cc1. The van der Waals surface area contributed by atoms with Gasteiger partial charge in [-0.15, -0.1) is 0 Å². The standard InChI is InChI=1S/C20H31N3O4S/c1-6-22(7-2)28(26,27)18-10-8-17(9-11-18)23-13-16(12-19(23)24)20(25)21-15(5)14(3)4/h8-11,14-16H,6-7,12-13H2,1-5H3,(H,21,25). The van der Waals surface area contributed by atoms with Crippen molar-refractivity contribution in [1.29, 1.82) is 0 Å². The van der Waals surface area contributed by atoms with E-state index in [4.69, 9.17) is 0 Å². The van der Waals surface area contributed by atoms with Gasteiger partial charge in [-0.2, -0.15) is 4.31 Å². The van der Waals surface area contributed by atoms with Crippen LogP contribution < -0.4 is 10.2 Å². The van der Waals surface area contributed by atoms with Gasteiger partial charge in [-0.1, -0.05) is 27.7 Å². The van der Waals surface area contributed by atoms with Crippen LogP contribution in [-0.2, 0) is 19.6 Å². The van der Waals surface area contributed by atoms with Crippen molar-refractivity contribution < 1.29 is 18.0 Å². The molecule has 1 aliphatic heterocycles. The number of nitrogens with one attached hydrogen (secondary N) is 1. The second-order valence-electron chi connectivity index (χ2n) is 7.53. The topological polar surface area (TPSA) is 86.8 Å². The molecule has 156 valence electrons. The molecule has 1 saturated heterocycles. The third kappa shape index (κ3) is 4.72. The van der Waals surface area contributed by atoms with Crippen LogP contribution in [0.2, 0.25) is 0 Å². The van der Waals surface area contributed by atoms with Gasteiger partial charge in [0, 0.05) is 37.8 Å². The average Bonchev–Trinajstić information content (AvgIpc) is 3.04. The normalized spacial score (nSPS) is 18.8. The van der Waals surface area contributed by atoms with E-state index < -0.39 is 15.9 Å². The molecule has 1 N–H and O–H groups in total. The van der Waals surface area contributed by atoms with Crippen molar-refractivity contribution in [2.45, 2.75) is 52.0 Å². The molecule has 0 aromatic heterocycles. The Morgan fingerprint density at radius 3 is 2.25 bits per heavy atom. The van der Waals surface area contributed by atoms with Gasteiger partial charge < -0.3 is 10.2 Å². The van der Waals surface area contributed by atoms with Gasteiger partial charge in [-0.3, -0.25) is 9.59 Å². The number of benzene rings is 1. The van der Waals surface area contributed by atoms with Gasteiger partial charge in [0.25, 0.3) is 0 Å². The minimum absolute atomic E-state index is 0.0428. The third-order valence-electron chi connectivity index (χ3n) is 5.36. The number of amides is 2. The summed E-state index contributed by atoms with van der Waals surface area (Å²) in [6.07, 6.45) is 0.163. The molecule has 0 radical (unpaired) electrons. The number of rotatable bonds is 8. The second-order valence-corrected chi connectivity index (χ2v) is 9.47. The fourth-order valence-corrected chi connectivity index (χ4v) is 4.61. The largest absolute Gasteiger partial charge is 0.353 e. The van der Waals surface area contributed by atoms with Crippen LogP contribution in [0.1, 0.15) is 41.0 Å². The maximum Gasteiger partial charge on any atom is 0.243 e. The Hall–Kier alpha value is -1.93. The third-order valence-corrected chi connectivity index (χ3v) is 7.42. The van der Waals surface area contributed by atoms with E-state index >= 15 is 0 Å². The number of carbonyl (C=O) groups is 2. The first-order chi connectivity index (χ1) is 13.1. The Labute approximate surface area is 168 Å². The summed E-state index contributed by atoms with van der Waals surface area (Å²) in [5.74, 6) is -0.320. The highest BCUT2D eigenvalue weighted by molar-refractivity contribution is 7.89. The summed E-state index contributed by atoms with van der Waals surface area (Å²) in [4.78, 5) is 26.6. The maximum absolute atomic E-state index is 12.6. The van der Waals surface area contributed by atoms with Gasteiger partial charge >= 0.3 is 0 Å². The van der Waals surface area contributed by atoms with Crippen LogP contribution >= 0.6 is 0 Å². The summed E-state index contributed by atoms with van der Waals surface area (Å²) < 4.78 is 26.6. The predicted molar refractivity (Wildman–Crippen MR) is 109 cm³/mol. The number of sulfonamides is 1. The first-order valence-electron chi connectivity index (χ1n) is 9.82. The molecule has 1 aromatic carbocycles. The van der Waals surface area contributed by atoms with E-state index in [2.05, 4.69) is 5.32 Å². The summed E-state index contributed by atoms with van der Waals surface area (Å²) in [5, 5.41) is 2.97. The Morgan fingerprint density at radius 1 is 1.18 bits per heavy atom. The van der Waals surface area contributed by atoms with Crippen molar-refractivity contribution >= 4 is 27.5 Å². The van der Waals surface area contributed by atoms with E-state index in [-0.39, 0.29) is 29.2 Å². The van der Waals surface area contributed by atoms with Gasteiger partial charge in [0.1, 0.15) is 0 Å². The number of anilines is 1. The molecule has 1 aliphatic rings. The first kappa shape index (κ1) is 22.4. The molecule has 1 aromatic rings. The van der Waals surface area contributed by atoms with Gasteiger partial charge in [0.2, 0.25) is 21.8 Å². The summed E-state index contributed by atoms with van der Waals surface area (Å²) in [6.45, 7) is 10.7. The zero-order valence-corrected chi connectivity index (χ0v) is 18.1. The molecular formula is C20H31N3O4S. The van der Waals surface area contributed by atoms with E-state index in [1.54, 1.807) is 30.9 Å². The summed E-state index contributed by atoms with van der Waals surface area (Å²) in [5.41, 5.74) is 0.607. The van der Waals surface area contributed by atoms with E-state index in [1.807, 2.05) is 20.8 Å². The van der Waals surface area contributed by atoms with Crippen molar-refractivity contribution in [2.24, 2.45) is 11.8 Å². The highest BCUT2D eigenvalue weighted by atomic mass is 32.2. The molecule has 7 nitrogen and oxygen atoms in total. The molecule has 2 rings (SSSR count). The first-order valence-corrected chi connectivity index (χ1v) is 11.3. The molecule has 0 saturated carbocycles. The molecule has 2 atom stereocenters. The molecule has 28 heavy (non-hydrogen) atoms. The lowest BCUT2D eigenvalue weighted by Gasteiger charge is -2.21. The van der Waals surface area contributed by atoms with E-state index in [0.29, 0.717) is 31.2 Å². The maximum atomic E-state index is 12.6. The highest BCUT2D eigenvalue weighted by Crippen LogP contribution is 2.27. The predicted octanol–water partition coefficient (Wildman–Crippen LogP) is 2.23. The van der Waals surface area contributed by atoms with Gasteiger partial charge in [0.05, 0.1) is 10.8 Å². The number of hydrogen-bond donors (Lipinski definition) is 1. The van der Waals surface area contributed by atoms with Crippen molar-refractivity contribution in [2.75, 3.05) is 24.5 Å². The van der Waals surface area contributed by atoms with E-state index in [9.17, 15) is 18.0 Å². The summed E-state index contributed by atoms with van der Waals surface area (Å²) in [6, 6.07) is 6.34.